The van der Waals surface area contributed by atoms with Gasteiger partial charge >= 0.3 is 0 Å². The van der Waals surface area contributed by atoms with Crippen molar-refractivity contribution in [1.29, 1.82) is 0 Å². The largest absolute Gasteiger partial charge is 0.299 e. The predicted molar refractivity (Wildman–Crippen MR) is 45.9 cm³/mol. The molecule has 60 valence electrons. The minimum atomic E-state index is 0.139. The summed E-state index contributed by atoms with van der Waals surface area (Å²) in [4.78, 5) is 15.0. The summed E-state index contributed by atoms with van der Waals surface area (Å²) in [5.74, 6) is 0.400. The molecular formula is C9H13NO. The molecule has 0 N–H and O–H groups in total. The number of aliphatic imine (C=N–C) groups is 1. The van der Waals surface area contributed by atoms with Crippen LogP contribution < -0.4 is 0 Å². The zero-order valence-electron chi connectivity index (χ0n) is 7.00. The van der Waals surface area contributed by atoms with Crippen LogP contribution in [-0.4, -0.2) is 18.5 Å². The molecule has 0 bridgehead atoms. The number of rotatable bonds is 1. The molecule has 0 radical (unpaired) electrons. The van der Waals surface area contributed by atoms with Crippen LogP contribution >= 0.6 is 0 Å². The van der Waals surface area contributed by atoms with Crippen molar-refractivity contribution in [2.45, 2.75) is 19.8 Å². The van der Waals surface area contributed by atoms with Gasteiger partial charge in [0.05, 0.1) is 0 Å². The second kappa shape index (κ2) is 3.46. The molecule has 0 aromatic rings. The molecule has 1 rings (SSSR count). The summed E-state index contributed by atoms with van der Waals surface area (Å²) in [7, 11) is 1.79. The lowest BCUT2D eigenvalue weighted by molar-refractivity contribution is -0.119. The van der Waals surface area contributed by atoms with Gasteiger partial charge in [-0.3, -0.25) is 9.79 Å². The molecule has 2 heteroatoms. The quantitative estimate of drug-likeness (QED) is 0.560. The standard InChI is InChI=1S/C9H13NO/c1-7(11)8-3-5-9(10-2)6-4-8/h3,5,8H,4,6H2,1-2H3. The van der Waals surface area contributed by atoms with Gasteiger partial charge in [-0.15, -0.1) is 0 Å². The molecule has 2 nitrogen and oxygen atoms in total. The van der Waals surface area contributed by atoms with Crippen LogP contribution in [0.25, 0.3) is 0 Å². The molecule has 1 aliphatic rings. The van der Waals surface area contributed by atoms with Gasteiger partial charge in [0.15, 0.2) is 0 Å². The third kappa shape index (κ3) is 2.00. The van der Waals surface area contributed by atoms with Gasteiger partial charge in [-0.25, -0.2) is 0 Å². The molecule has 0 fully saturated rings. The number of Topliss-reactive ketones (excluding diaryl/α,β-unsaturated/α-hetero) is 1. The molecular weight excluding hydrogens is 138 g/mol. The van der Waals surface area contributed by atoms with E-state index in [1.807, 2.05) is 12.2 Å². The van der Waals surface area contributed by atoms with Gasteiger partial charge < -0.3 is 0 Å². The van der Waals surface area contributed by atoms with Gasteiger partial charge in [0, 0.05) is 18.7 Å². The van der Waals surface area contributed by atoms with Gasteiger partial charge in [0.2, 0.25) is 0 Å². The maximum atomic E-state index is 10.9. The van der Waals surface area contributed by atoms with E-state index in [4.69, 9.17) is 0 Å². The second-order valence-corrected chi connectivity index (χ2v) is 2.83. The Kier molecular flexibility index (Phi) is 2.58. The highest BCUT2D eigenvalue weighted by Gasteiger charge is 2.14. The van der Waals surface area contributed by atoms with Crippen LogP contribution in [0.4, 0.5) is 0 Å². The molecule has 0 aromatic heterocycles. The summed E-state index contributed by atoms with van der Waals surface area (Å²) in [5.41, 5.74) is 1.10. The lowest BCUT2D eigenvalue weighted by atomic mass is 9.92. The first-order valence-electron chi connectivity index (χ1n) is 3.88. The summed E-state index contributed by atoms with van der Waals surface area (Å²) < 4.78 is 0. The van der Waals surface area contributed by atoms with E-state index < -0.39 is 0 Å². The van der Waals surface area contributed by atoms with E-state index in [1.54, 1.807) is 14.0 Å². The van der Waals surface area contributed by atoms with E-state index >= 15 is 0 Å². The number of carbonyl (C=O) groups excluding carboxylic acids is 1. The number of carbonyl (C=O) groups is 1. The first-order valence-corrected chi connectivity index (χ1v) is 3.88. The fourth-order valence-corrected chi connectivity index (χ4v) is 1.24. The van der Waals surface area contributed by atoms with Gasteiger partial charge in [-0.2, -0.15) is 0 Å². The average Bonchev–Trinajstić information content (AvgIpc) is 2.05. The normalized spacial score (nSPS) is 27.5. The van der Waals surface area contributed by atoms with E-state index in [9.17, 15) is 4.79 Å². The van der Waals surface area contributed by atoms with Crippen LogP contribution in [0.1, 0.15) is 19.8 Å². The van der Waals surface area contributed by atoms with Crippen molar-refractivity contribution in [1.82, 2.24) is 0 Å². The molecule has 1 atom stereocenters. The topological polar surface area (TPSA) is 29.4 Å². The number of ketones is 1. The number of hydrogen-bond donors (Lipinski definition) is 0. The fraction of sp³-hybridized carbons (Fsp3) is 0.556. The molecule has 0 saturated carbocycles. The molecule has 0 amide bonds. The Bertz CT molecular complexity index is 216. The van der Waals surface area contributed by atoms with Crippen molar-refractivity contribution in [3.63, 3.8) is 0 Å². The summed E-state index contributed by atoms with van der Waals surface area (Å²) in [5, 5.41) is 0. The fourth-order valence-electron chi connectivity index (χ4n) is 1.24. The Morgan fingerprint density at radius 2 is 2.45 bits per heavy atom. The summed E-state index contributed by atoms with van der Waals surface area (Å²) in [6, 6.07) is 0. The van der Waals surface area contributed by atoms with Crippen LogP contribution in [0.15, 0.2) is 17.1 Å². The van der Waals surface area contributed by atoms with Crippen molar-refractivity contribution >= 4 is 11.5 Å². The number of nitrogens with zero attached hydrogens (tertiary/aromatic N) is 1. The van der Waals surface area contributed by atoms with E-state index in [1.165, 1.54) is 0 Å². The van der Waals surface area contributed by atoms with Crippen LogP contribution in [0.2, 0.25) is 0 Å². The number of hydrogen-bond acceptors (Lipinski definition) is 2. The minimum Gasteiger partial charge on any atom is -0.299 e. The minimum absolute atomic E-state index is 0.139. The van der Waals surface area contributed by atoms with Crippen LogP contribution in [0, 0.1) is 5.92 Å². The van der Waals surface area contributed by atoms with Gasteiger partial charge in [-0.1, -0.05) is 6.08 Å². The van der Waals surface area contributed by atoms with E-state index in [0.29, 0.717) is 0 Å². The van der Waals surface area contributed by atoms with Gasteiger partial charge in [0.1, 0.15) is 5.78 Å². The Balaban J connectivity index is 2.63. The monoisotopic (exact) mass is 151 g/mol. The Morgan fingerprint density at radius 3 is 2.82 bits per heavy atom. The molecule has 1 aliphatic carbocycles. The molecule has 0 heterocycles. The third-order valence-electron chi connectivity index (χ3n) is 2.04. The summed E-state index contributed by atoms with van der Waals surface area (Å²) in [6.45, 7) is 1.64. The highest BCUT2D eigenvalue weighted by atomic mass is 16.1. The molecule has 11 heavy (non-hydrogen) atoms. The van der Waals surface area contributed by atoms with Crippen LogP contribution in [0.5, 0.6) is 0 Å². The maximum Gasteiger partial charge on any atom is 0.136 e. The van der Waals surface area contributed by atoms with Crippen molar-refractivity contribution in [3.05, 3.63) is 12.2 Å². The first-order chi connectivity index (χ1) is 5.24. The van der Waals surface area contributed by atoms with Crippen molar-refractivity contribution < 1.29 is 4.79 Å². The zero-order chi connectivity index (χ0) is 8.27. The smallest absolute Gasteiger partial charge is 0.136 e. The van der Waals surface area contributed by atoms with E-state index in [0.717, 1.165) is 18.6 Å². The van der Waals surface area contributed by atoms with Crippen LogP contribution in [0.3, 0.4) is 0 Å². The number of allylic oxidation sites excluding steroid dienone is 2. The van der Waals surface area contributed by atoms with Crippen molar-refractivity contribution in [2.75, 3.05) is 7.05 Å². The lowest BCUT2D eigenvalue weighted by Crippen LogP contribution is -2.14. The average molecular weight is 151 g/mol. The molecule has 0 aromatic carbocycles. The Morgan fingerprint density at radius 1 is 1.73 bits per heavy atom. The summed E-state index contributed by atoms with van der Waals surface area (Å²) in [6.07, 6.45) is 5.78. The first kappa shape index (κ1) is 8.18. The summed E-state index contributed by atoms with van der Waals surface area (Å²) >= 11 is 0. The van der Waals surface area contributed by atoms with Crippen LogP contribution in [-0.2, 0) is 4.79 Å². The maximum absolute atomic E-state index is 10.9. The highest BCUT2D eigenvalue weighted by molar-refractivity contribution is 5.97. The second-order valence-electron chi connectivity index (χ2n) is 2.83. The van der Waals surface area contributed by atoms with Crippen molar-refractivity contribution in [2.24, 2.45) is 10.9 Å². The molecule has 0 spiro atoms. The zero-order valence-corrected chi connectivity index (χ0v) is 7.00. The Hall–Kier alpha value is -0.920. The van der Waals surface area contributed by atoms with Gasteiger partial charge in [-0.05, 0) is 25.8 Å². The van der Waals surface area contributed by atoms with Gasteiger partial charge in [0.25, 0.3) is 0 Å². The lowest BCUT2D eigenvalue weighted by Gasteiger charge is -2.13. The molecule has 0 saturated heterocycles. The Labute approximate surface area is 67.0 Å². The highest BCUT2D eigenvalue weighted by Crippen LogP contribution is 2.16. The predicted octanol–water partition coefficient (Wildman–Crippen LogP) is 1.61. The van der Waals surface area contributed by atoms with Crippen molar-refractivity contribution in [3.8, 4) is 0 Å². The SMILES string of the molecule is CN=C1C=CC(C(C)=O)CC1. The molecule has 0 aliphatic heterocycles. The third-order valence-corrected chi connectivity index (χ3v) is 2.04. The van der Waals surface area contributed by atoms with E-state index in [2.05, 4.69) is 4.99 Å². The van der Waals surface area contributed by atoms with E-state index in [-0.39, 0.29) is 11.7 Å². The molecule has 1 unspecified atom stereocenters.